The number of carbonyl (C=O) groups excluding carboxylic acids is 2. The molecule has 2 aromatic carbocycles. The van der Waals surface area contributed by atoms with Gasteiger partial charge in [0.1, 0.15) is 18.2 Å². The van der Waals surface area contributed by atoms with E-state index >= 15 is 0 Å². The molecule has 33 heavy (non-hydrogen) atoms. The minimum Gasteiger partial charge on any atom is -0.348 e. The molecule has 0 radical (unpaired) electrons. The van der Waals surface area contributed by atoms with Gasteiger partial charge in [0.15, 0.2) is 0 Å². The van der Waals surface area contributed by atoms with E-state index in [9.17, 15) is 18.4 Å². The lowest BCUT2D eigenvalue weighted by atomic mass is 9.99. The van der Waals surface area contributed by atoms with Crippen molar-refractivity contribution < 1.29 is 18.4 Å². The monoisotopic (exact) mass is 452 g/mol. The van der Waals surface area contributed by atoms with Crippen LogP contribution in [-0.4, -0.2) is 45.4 Å². The Labute approximate surface area is 191 Å². The molecule has 1 aromatic heterocycles. The average Bonchev–Trinajstić information content (AvgIpc) is 3.25. The Morgan fingerprint density at radius 3 is 2.45 bits per heavy atom. The minimum absolute atomic E-state index is 0.161. The SMILES string of the molecule is CC(C)N(CC(=O)N1CCn2cccc2C1c1cccc(F)c1)C(=O)Nc1cccc(F)c1. The van der Waals surface area contributed by atoms with Gasteiger partial charge in [0.05, 0.1) is 6.04 Å². The number of rotatable bonds is 5. The van der Waals surface area contributed by atoms with E-state index < -0.39 is 17.9 Å². The molecule has 1 N–H and O–H groups in total. The van der Waals surface area contributed by atoms with E-state index in [-0.39, 0.29) is 24.3 Å². The number of aromatic nitrogens is 1. The molecule has 0 fully saturated rings. The van der Waals surface area contributed by atoms with Gasteiger partial charge in [-0.15, -0.1) is 0 Å². The van der Waals surface area contributed by atoms with Gasteiger partial charge < -0.3 is 19.7 Å². The fourth-order valence-electron chi connectivity index (χ4n) is 4.17. The lowest BCUT2D eigenvalue weighted by Gasteiger charge is -2.39. The van der Waals surface area contributed by atoms with E-state index in [0.29, 0.717) is 24.3 Å². The van der Waals surface area contributed by atoms with E-state index in [2.05, 4.69) is 9.88 Å². The van der Waals surface area contributed by atoms with Gasteiger partial charge in [0.25, 0.3) is 0 Å². The second-order valence-electron chi connectivity index (χ2n) is 8.33. The molecule has 4 rings (SSSR count). The van der Waals surface area contributed by atoms with E-state index in [1.54, 1.807) is 23.1 Å². The average molecular weight is 453 g/mol. The Hall–Kier alpha value is -3.68. The third-order valence-electron chi connectivity index (χ3n) is 5.79. The van der Waals surface area contributed by atoms with Crippen molar-refractivity contribution in [3.05, 3.63) is 89.8 Å². The molecule has 3 aromatic rings. The number of hydrogen-bond acceptors (Lipinski definition) is 2. The molecular weight excluding hydrogens is 426 g/mol. The highest BCUT2D eigenvalue weighted by Gasteiger charge is 2.34. The van der Waals surface area contributed by atoms with Gasteiger partial charge in [-0.2, -0.15) is 0 Å². The molecule has 172 valence electrons. The zero-order valence-corrected chi connectivity index (χ0v) is 18.5. The smallest absolute Gasteiger partial charge is 0.322 e. The zero-order chi connectivity index (χ0) is 23.5. The van der Waals surface area contributed by atoms with Crippen LogP contribution in [0, 0.1) is 11.6 Å². The van der Waals surface area contributed by atoms with Crippen LogP contribution in [0.25, 0.3) is 0 Å². The summed E-state index contributed by atoms with van der Waals surface area (Å²) in [6, 6.07) is 14.4. The van der Waals surface area contributed by atoms with E-state index in [4.69, 9.17) is 0 Å². The van der Waals surface area contributed by atoms with E-state index in [1.165, 1.54) is 35.2 Å². The Balaban J connectivity index is 1.57. The Kier molecular flexibility index (Phi) is 6.44. The first-order valence-corrected chi connectivity index (χ1v) is 10.9. The standard InChI is InChI=1S/C25H26F2N4O2/c1-17(2)31(25(33)28-21-9-4-8-20(27)15-21)16-23(32)30-13-12-29-11-5-10-22(29)24(30)18-6-3-7-19(26)14-18/h3-11,14-15,17,24H,12-13,16H2,1-2H3,(H,28,33). The Bertz CT molecular complexity index is 1160. The lowest BCUT2D eigenvalue weighted by Crippen LogP contribution is -2.50. The number of anilines is 1. The molecule has 1 atom stereocenters. The lowest BCUT2D eigenvalue weighted by molar-refractivity contribution is -0.134. The first-order chi connectivity index (χ1) is 15.8. The molecule has 0 saturated carbocycles. The minimum atomic E-state index is -0.494. The van der Waals surface area contributed by atoms with Gasteiger partial charge >= 0.3 is 6.03 Å². The van der Waals surface area contributed by atoms with Crippen LogP contribution in [0.15, 0.2) is 66.9 Å². The summed E-state index contributed by atoms with van der Waals surface area (Å²) < 4.78 is 29.6. The van der Waals surface area contributed by atoms with Crippen LogP contribution in [0.4, 0.5) is 19.3 Å². The number of hydrogen-bond donors (Lipinski definition) is 1. The van der Waals surface area contributed by atoms with Crippen molar-refractivity contribution in [3.63, 3.8) is 0 Å². The maximum absolute atomic E-state index is 14.0. The third-order valence-corrected chi connectivity index (χ3v) is 5.79. The predicted molar refractivity (Wildman–Crippen MR) is 122 cm³/mol. The number of amides is 3. The second kappa shape index (κ2) is 9.44. The summed E-state index contributed by atoms with van der Waals surface area (Å²) in [7, 11) is 0. The van der Waals surface area contributed by atoms with Crippen molar-refractivity contribution in [2.75, 3.05) is 18.4 Å². The van der Waals surface area contributed by atoms with Crippen molar-refractivity contribution >= 4 is 17.6 Å². The van der Waals surface area contributed by atoms with Gasteiger partial charge in [-0.05, 0) is 61.9 Å². The van der Waals surface area contributed by atoms with Crippen LogP contribution in [0.1, 0.15) is 31.1 Å². The van der Waals surface area contributed by atoms with Crippen molar-refractivity contribution in [3.8, 4) is 0 Å². The van der Waals surface area contributed by atoms with E-state index in [0.717, 1.165) is 5.69 Å². The summed E-state index contributed by atoms with van der Waals surface area (Å²) in [6.45, 7) is 4.50. The zero-order valence-electron chi connectivity index (χ0n) is 18.5. The maximum atomic E-state index is 14.0. The van der Waals surface area contributed by atoms with Crippen LogP contribution in [0.5, 0.6) is 0 Å². The highest BCUT2D eigenvalue weighted by Crippen LogP contribution is 2.33. The summed E-state index contributed by atoms with van der Waals surface area (Å²) in [4.78, 5) is 29.5. The molecule has 1 unspecified atom stereocenters. The molecule has 6 nitrogen and oxygen atoms in total. The fraction of sp³-hybridized carbons (Fsp3) is 0.280. The fourth-order valence-corrected chi connectivity index (χ4v) is 4.17. The van der Waals surface area contributed by atoms with Crippen molar-refractivity contribution in [1.82, 2.24) is 14.4 Å². The molecule has 0 spiro atoms. The summed E-state index contributed by atoms with van der Waals surface area (Å²) in [5.74, 6) is -1.09. The van der Waals surface area contributed by atoms with Gasteiger partial charge in [-0.25, -0.2) is 13.6 Å². The molecule has 1 aliphatic heterocycles. The van der Waals surface area contributed by atoms with Crippen LogP contribution < -0.4 is 5.32 Å². The molecule has 0 bridgehead atoms. The predicted octanol–water partition coefficient (Wildman–Crippen LogP) is 4.64. The summed E-state index contributed by atoms with van der Waals surface area (Å²) >= 11 is 0. The number of benzene rings is 2. The van der Waals surface area contributed by atoms with Crippen LogP contribution in [0.2, 0.25) is 0 Å². The molecule has 1 aliphatic rings. The Morgan fingerprint density at radius 2 is 1.76 bits per heavy atom. The number of urea groups is 1. The van der Waals surface area contributed by atoms with Gasteiger partial charge in [0.2, 0.25) is 5.91 Å². The molecule has 0 saturated heterocycles. The van der Waals surface area contributed by atoms with Crippen molar-refractivity contribution in [2.24, 2.45) is 0 Å². The number of nitrogens with zero attached hydrogens (tertiary/aromatic N) is 3. The molecule has 3 amide bonds. The third kappa shape index (κ3) is 4.89. The summed E-state index contributed by atoms with van der Waals surface area (Å²) in [6.07, 6.45) is 1.94. The molecular formula is C25H26F2N4O2. The summed E-state index contributed by atoms with van der Waals surface area (Å²) in [5.41, 5.74) is 1.87. The largest absolute Gasteiger partial charge is 0.348 e. The highest BCUT2D eigenvalue weighted by molar-refractivity contribution is 5.92. The van der Waals surface area contributed by atoms with E-state index in [1.807, 2.05) is 32.2 Å². The normalized spacial score (nSPS) is 15.3. The summed E-state index contributed by atoms with van der Waals surface area (Å²) in [5, 5.41) is 2.66. The maximum Gasteiger partial charge on any atom is 0.322 e. The topological polar surface area (TPSA) is 57.6 Å². The first-order valence-electron chi connectivity index (χ1n) is 10.9. The van der Waals surface area contributed by atoms with Crippen LogP contribution in [0.3, 0.4) is 0 Å². The Morgan fingerprint density at radius 1 is 1.03 bits per heavy atom. The number of carbonyl (C=O) groups is 2. The van der Waals surface area contributed by atoms with Crippen molar-refractivity contribution in [2.45, 2.75) is 32.5 Å². The first kappa shape index (κ1) is 22.5. The number of nitrogens with one attached hydrogen (secondary N) is 1. The molecule has 8 heteroatoms. The number of halogens is 2. The van der Waals surface area contributed by atoms with Crippen LogP contribution >= 0.6 is 0 Å². The van der Waals surface area contributed by atoms with Gasteiger partial charge in [-0.3, -0.25) is 4.79 Å². The second-order valence-corrected chi connectivity index (χ2v) is 8.33. The van der Waals surface area contributed by atoms with Crippen LogP contribution in [-0.2, 0) is 11.3 Å². The highest BCUT2D eigenvalue weighted by atomic mass is 19.1. The quantitative estimate of drug-likeness (QED) is 0.613. The van der Waals surface area contributed by atoms with Crippen molar-refractivity contribution in [1.29, 1.82) is 0 Å². The van der Waals surface area contributed by atoms with Gasteiger partial charge in [0, 0.05) is 36.7 Å². The number of fused-ring (bicyclic) bond motifs is 1. The van der Waals surface area contributed by atoms with Gasteiger partial charge in [-0.1, -0.05) is 18.2 Å². The molecule has 2 heterocycles. The molecule has 0 aliphatic carbocycles.